The van der Waals surface area contributed by atoms with Crippen LogP contribution in [0.3, 0.4) is 0 Å². The largest absolute Gasteiger partial charge is 0.381 e. The fourth-order valence-electron chi connectivity index (χ4n) is 4.16. The average molecular weight is 461 g/mol. The van der Waals surface area contributed by atoms with Crippen LogP contribution < -0.4 is 10.2 Å². The molecule has 1 N–H and O–H groups in total. The fraction of sp³-hybridized carbons (Fsp3) is 0.522. The van der Waals surface area contributed by atoms with E-state index in [9.17, 15) is 14.0 Å². The van der Waals surface area contributed by atoms with Gasteiger partial charge in [-0.05, 0) is 18.4 Å². The zero-order valence-electron chi connectivity index (χ0n) is 18.4. The van der Waals surface area contributed by atoms with E-state index in [1.807, 2.05) is 0 Å². The molecule has 2 saturated heterocycles. The molecule has 0 radical (unpaired) electrons. The van der Waals surface area contributed by atoms with Crippen molar-refractivity contribution in [2.45, 2.75) is 31.7 Å². The summed E-state index contributed by atoms with van der Waals surface area (Å²) in [7, 11) is 0. The van der Waals surface area contributed by atoms with Crippen molar-refractivity contribution < 1.29 is 22.6 Å². The molecule has 7 nitrogen and oxygen atoms in total. The first-order valence-corrected chi connectivity index (χ1v) is 10.9. The van der Waals surface area contributed by atoms with Crippen LogP contribution in [0.25, 0.3) is 0 Å². The Labute approximate surface area is 190 Å². The summed E-state index contributed by atoms with van der Waals surface area (Å²) >= 11 is 0. The van der Waals surface area contributed by atoms with E-state index in [-0.39, 0.29) is 30.4 Å². The molecule has 2 aliphatic heterocycles. The summed E-state index contributed by atoms with van der Waals surface area (Å²) in [5, 5.41) is 12.6. The summed E-state index contributed by atoms with van der Waals surface area (Å²) in [5.41, 5.74) is -0.00459. The minimum atomic E-state index is -2.94. The first kappa shape index (κ1) is 23.3. The highest BCUT2D eigenvalue weighted by Gasteiger charge is 2.34. The Balaban J connectivity index is 1.56. The predicted molar refractivity (Wildman–Crippen MR) is 115 cm³/mol. The van der Waals surface area contributed by atoms with E-state index < -0.39 is 23.2 Å². The predicted octanol–water partition coefficient (Wildman–Crippen LogP) is 4.04. The van der Waals surface area contributed by atoms with Gasteiger partial charge < -0.3 is 19.7 Å². The van der Waals surface area contributed by atoms with E-state index in [0.717, 1.165) is 12.5 Å². The van der Waals surface area contributed by atoms with Gasteiger partial charge in [-0.15, -0.1) is 0 Å². The summed E-state index contributed by atoms with van der Waals surface area (Å²) in [4.78, 5) is 9.97. The molecule has 1 aromatic heterocycles. The van der Waals surface area contributed by atoms with Gasteiger partial charge in [-0.1, -0.05) is 24.3 Å². The van der Waals surface area contributed by atoms with E-state index >= 15 is 4.39 Å². The molecule has 0 amide bonds. The number of alkyl halides is 2. The number of nitrogens with zero attached hydrogens (tertiary/aromatic N) is 4. The van der Waals surface area contributed by atoms with Crippen LogP contribution in [0.5, 0.6) is 0 Å². The average Bonchev–Trinajstić information content (AvgIpc) is 2.84. The van der Waals surface area contributed by atoms with Crippen LogP contribution in [0.15, 0.2) is 30.6 Å². The summed E-state index contributed by atoms with van der Waals surface area (Å²) in [6.45, 7) is 3.11. The summed E-state index contributed by atoms with van der Waals surface area (Å²) < 4.78 is 53.6. The van der Waals surface area contributed by atoms with Gasteiger partial charge in [0.25, 0.3) is 5.92 Å². The second-order valence-electron chi connectivity index (χ2n) is 8.51. The summed E-state index contributed by atoms with van der Waals surface area (Å²) in [5.74, 6) is -3.44. The first-order valence-electron chi connectivity index (χ1n) is 10.9. The zero-order valence-corrected chi connectivity index (χ0v) is 18.4. The molecule has 2 aromatic rings. The van der Waals surface area contributed by atoms with Crippen LogP contribution in [0.4, 0.5) is 24.8 Å². The molecule has 176 valence electrons. The lowest BCUT2D eigenvalue weighted by Crippen LogP contribution is -2.41. The van der Waals surface area contributed by atoms with Crippen LogP contribution in [0.1, 0.15) is 36.9 Å². The minimum absolute atomic E-state index is 0.0207. The maximum absolute atomic E-state index is 15.5. The molecule has 33 heavy (non-hydrogen) atoms. The second kappa shape index (κ2) is 9.53. The molecule has 0 spiro atoms. The second-order valence-corrected chi connectivity index (χ2v) is 8.51. The van der Waals surface area contributed by atoms with E-state index in [1.165, 1.54) is 18.5 Å². The topological polar surface area (TPSA) is 83.3 Å². The van der Waals surface area contributed by atoms with Crippen LogP contribution >= 0.6 is 0 Å². The molecule has 0 aliphatic carbocycles. The van der Waals surface area contributed by atoms with Gasteiger partial charge in [-0.2, -0.15) is 9.65 Å². The normalized spacial score (nSPS) is 20.8. The number of nitrogens with one attached hydrogen (secondary N) is 1. The lowest BCUT2D eigenvalue weighted by molar-refractivity contribution is 0.0174. The van der Waals surface area contributed by atoms with Gasteiger partial charge >= 0.3 is 0 Å². The number of rotatable bonds is 6. The van der Waals surface area contributed by atoms with Gasteiger partial charge in [-0.3, -0.25) is 0 Å². The van der Waals surface area contributed by atoms with E-state index in [1.54, 1.807) is 17.0 Å². The lowest BCUT2D eigenvalue weighted by Gasteiger charge is -2.37. The third-order valence-corrected chi connectivity index (χ3v) is 6.26. The molecule has 0 bridgehead atoms. The van der Waals surface area contributed by atoms with Crippen LogP contribution in [0, 0.1) is 22.6 Å². The Bertz CT molecular complexity index is 1000. The van der Waals surface area contributed by atoms with E-state index in [2.05, 4.69) is 21.4 Å². The number of nitriles is 1. The first-order chi connectivity index (χ1) is 15.8. The molecule has 3 heterocycles. The molecule has 2 fully saturated rings. The van der Waals surface area contributed by atoms with Crippen molar-refractivity contribution in [3.05, 3.63) is 47.5 Å². The van der Waals surface area contributed by atoms with Crippen molar-refractivity contribution in [3.8, 4) is 6.07 Å². The highest BCUT2D eigenvalue weighted by atomic mass is 19.3. The van der Waals surface area contributed by atoms with E-state index in [4.69, 9.17) is 9.47 Å². The molecular formula is C23H26F3N5O2. The number of hydrogen-bond acceptors (Lipinski definition) is 7. The Morgan fingerprint density at radius 3 is 2.58 bits per heavy atom. The van der Waals surface area contributed by atoms with Crippen molar-refractivity contribution in [3.63, 3.8) is 0 Å². The number of hydrogen-bond donors (Lipinski definition) is 1. The van der Waals surface area contributed by atoms with Gasteiger partial charge in [0, 0.05) is 38.8 Å². The molecule has 0 saturated carbocycles. The molecule has 1 atom stereocenters. The van der Waals surface area contributed by atoms with Crippen molar-refractivity contribution >= 4 is 11.6 Å². The fourth-order valence-corrected chi connectivity index (χ4v) is 4.16. The SMILES string of the molecule is CC(F)(F)c1ccc(C2COCCN2c2ncnc(NCC3(C#N)CCOCC3)c2F)cc1. The maximum atomic E-state index is 15.5. The maximum Gasteiger partial charge on any atom is 0.270 e. The molecule has 1 unspecified atom stereocenters. The van der Waals surface area contributed by atoms with Crippen LogP contribution in [-0.2, 0) is 15.4 Å². The Morgan fingerprint density at radius 2 is 1.91 bits per heavy atom. The summed E-state index contributed by atoms with van der Waals surface area (Å²) in [6.07, 6.45) is 2.40. The molecule has 2 aliphatic rings. The number of ether oxygens (including phenoxy) is 2. The van der Waals surface area contributed by atoms with Gasteiger partial charge in [0.05, 0.1) is 30.7 Å². The van der Waals surface area contributed by atoms with Crippen LogP contribution in [0.2, 0.25) is 0 Å². The number of benzene rings is 1. The van der Waals surface area contributed by atoms with Crippen molar-refractivity contribution in [2.24, 2.45) is 5.41 Å². The number of halogens is 3. The Morgan fingerprint density at radius 1 is 1.18 bits per heavy atom. The van der Waals surface area contributed by atoms with Crippen molar-refractivity contribution in [2.75, 3.05) is 49.7 Å². The van der Waals surface area contributed by atoms with Crippen LogP contribution in [-0.4, -0.2) is 49.5 Å². The Hall–Kier alpha value is -2.90. The quantitative estimate of drug-likeness (QED) is 0.695. The standard InChI is InChI=1S/C23H26F3N5O2/c1-22(25,26)17-4-2-16(3-5-17)18-12-33-11-8-31(18)21-19(24)20(29-15-30-21)28-14-23(13-27)6-9-32-10-7-23/h2-5,15,18H,6-12,14H2,1H3,(H,28,29,30). The number of aromatic nitrogens is 2. The van der Waals surface area contributed by atoms with E-state index in [0.29, 0.717) is 39.2 Å². The molecule has 10 heteroatoms. The monoisotopic (exact) mass is 461 g/mol. The lowest BCUT2D eigenvalue weighted by atomic mass is 9.82. The summed E-state index contributed by atoms with van der Waals surface area (Å²) in [6, 6.07) is 7.92. The van der Waals surface area contributed by atoms with Gasteiger partial charge in [0.15, 0.2) is 11.6 Å². The molecule has 4 rings (SSSR count). The van der Waals surface area contributed by atoms with Gasteiger partial charge in [0.1, 0.15) is 6.33 Å². The third kappa shape index (κ3) is 5.04. The Kier molecular flexibility index (Phi) is 6.72. The van der Waals surface area contributed by atoms with Gasteiger partial charge in [0.2, 0.25) is 5.82 Å². The van der Waals surface area contributed by atoms with Crippen molar-refractivity contribution in [1.82, 2.24) is 9.97 Å². The zero-order chi connectivity index (χ0) is 23.5. The highest BCUT2D eigenvalue weighted by Crippen LogP contribution is 2.35. The molecular weight excluding hydrogens is 435 g/mol. The smallest absolute Gasteiger partial charge is 0.270 e. The minimum Gasteiger partial charge on any atom is -0.381 e. The number of anilines is 2. The highest BCUT2D eigenvalue weighted by molar-refractivity contribution is 5.53. The number of morpholine rings is 1. The van der Waals surface area contributed by atoms with Crippen molar-refractivity contribution in [1.29, 1.82) is 5.26 Å². The molecule has 1 aromatic carbocycles. The third-order valence-electron chi connectivity index (χ3n) is 6.26. The van der Waals surface area contributed by atoms with Gasteiger partial charge in [-0.25, -0.2) is 18.7 Å².